The molecule has 0 spiro atoms. The van der Waals surface area contributed by atoms with Crippen LogP contribution < -0.4 is 10.6 Å². The van der Waals surface area contributed by atoms with Crippen molar-refractivity contribution in [2.24, 2.45) is 11.7 Å². The fourth-order valence-corrected chi connectivity index (χ4v) is 5.08. The normalized spacial score (nSPS) is 18.3. The van der Waals surface area contributed by atoms with Gasteiger partial charge in [0.2, 0.25) is 5.91 Å². The van der Waals surface area contributed by atoms with E-state index in [1.807, 2.05) is 24.3 Å². The third kappa shape index (κ3) is 4.34. The lowest BCUT2D eigenvalue weighted by atomic mass is 9.96. The number of thioether (sulfide) groups is 1. The fraction of sp³-hybridized carbons (Fsp3) is 0.261. The van der Waals surface area contributed by atoms with E-state index in [-0.39, 0.29) is 23.6 Å². The Bertz CT molecular complexity index is 1090. The molecule has 2 aliphatic heterocycles. The van der Waals surface area contributed by atoms with Crippen molar-refractivity contribution in [3.8, 4) is 0 Å². The number of piperidine rings is 1. The molecule has 2 heterocycles. The van der Waals surface area contributed by atoms with Crippen LogP contribution in [-0.4, -0.2) is 42.8 Å². The molecule has 6 nitrogen and oxygen atoms in total. The van der Waals surface area contributed by atoms with Crippen LogP contribution in [0.4, 0.5) is 5.69 Å². The van der Waals surface area contributed by atoms with Crippen molar-refractivity contribution in [3.05, 3.63) is 63.5 Å². The summed E-state index contributed by atoms with van der Waals surface area (Å²) in [4.78, 5) is 42.0. The zero-order valence-corrected chi connectivity index (χ0v) is 18.6. The minimum atomic E-state index is -0.307. The molecule has 1 saturated heterocycles. The number of benzene rings is 2. The first-order chi connectivity index (χ1) is 14.8. The number of rotatable bonds is 3. The van der Waals surface area contributed by atoms with Gasteiger partial charge in [-0.1, -0.05) is 41.6 Å². The molecular formula is C23H22ClN3O3S. The van der Waals surface area contributed by atoms with Crippen molar-refractivity contribution in [1.29, 1.82) is 0 Å². The number of hydrogen-bond acceptors (Lipinski definition) is 4. The van der Waals surface area contributed by atoms with Crippen molar-refractivity contribution in [1.82, 2.24) is 4.90 Å². The average Bonchev–Trinajstić information content (AvgIpc) is 2.78. The van der Waals surface area contributed by atoms with E-state index in [0.29, 0.717) is 47.1 Å². The monoisotopic (exact) mass is 455 g/mol. The van der Waals surface area contributed by atoms with Crippen LogP contribution in [0.25, 0.3) is 6.08 Å². The van der Waals surface area contributed by atoms with E-state index in [0.717, 1.165) is 10.5 Å². The van der Waals surface area contributed by atoms with E-state index in [1.165, 1.54) is 11.8 Å². The Morgan fingerprint density at radius 2 is 1.87 bits per heavy atom. The minimum absolute atomic E-state index is 0.103. The van der Waals surface area contributed by atoms with Gasteiger partial charge >= 0.3 is 0 Å². The molecule has 0 radical (unpaired) electrons. The molecule has 2 aromatic carbocycles. The molecule has 2 aromatic rings. The molecule has 8 heteroatoms. The van der Waals surface area contributed by atoms with Gasteiger partial charge in [-0.05, 0) is 48.7 Å². The summed E-state index contributed by atoms with van der Waals surface area (Å²) in [7, 11) is 1.70. The van der Waals surface area contributed by atoms with Crippen LogP contribution in [0.15, 0.2) is 52.3 Å². The maximum Gasteiger partial charge on any atom is 0.264 e. The highest BCUT2D eigenvalue weighted by Gasteiger charge is 2.30. The van der Waals surface area contributed by atoms with Crippen molar-refractivity contribution in [2.75, 3.05) is 25.0 Å². The second-order valence-electron chi connectivity index (χ2n) is 7.65. The number of anilines is 1. The highest BCUT2D eigenvalue weighted by Crippen LogP contribution is 2.42. The molecule has 3 amide bonds. The lowest BCUT2D eigenvalue weighted by molar-refractivity contribution is -0.123. The van der Waals surface area contributed by atoms with E-state index >= 15 is 0 Å². The summed E-state index contributed by atoms with van der Waals surface area (Å²) in [6.45, 7) is 0.996. The van der Waals surface area contributed by atoms with Gasteiger partial charge in [0, 0.05) is 41.5 Å². The van der Waals surface area contributed by atoms with Gasteiger partial charge in [0.05, 0.1) is 10.6 Å². The molecule has 2 N–H and O–H groups in total. The second-order valence-corrected chi connectivity index (χ2v) is 9.14. The SMILES string of the molecule is CN1C(=O)C(=Cc2ccccc2Cl)Sc2ccc(C(=O)N3CCC(C(N)=O)CC3)cc21. The van der Waals surface area contributed by atoms with Crippen molar-refractivity contribution in [2.45, 2.75) is 17.7 Å². The van der Waals surface area contributed by atoms with Gasteiger partial charge in [0.25, 0.3) is 11.8 Å². The molecule has 1 fully saturated rings. The second kappa shape index (κ2) is 8.77. The Morgan fingerprint density at radius 3 is 2.55 bits per heavy atom. The van der Waals surface area contributed by atoms with E-state index in [1.54, 1.807) is 41.1 Å². The molecule has 0 bridgehead atoms. The number of carbonyl (C=O) groups excluding carboxylic acids is 3. The number of amides is 3. The van der Waals surface area contributed by atoms with Crippen LogP contribution in [0.3, 0.4) is 0 Å². The smallest absolute Gasteiger partial charge is 0.264 e. The van der Waals surface area contributed by atoms with Crippen LogP contribution in [-0.2, 0) is 9.59 Å². The predicted molar refractivity (Wildman–Crippen MR) is 123 cm³/mol. The third-order valence-corrected chi connectivity index (χ3v) is 7.10. The highest BCUT2D eigenvalue weighted by atomic mass is 35.5. The Hall–Kier alpha value is -2.77. The summed E-state index contributed by atoms with van der Waals surface area (Å²) in [5.41, 5.74) is 7.38. The van der Waals surface area contributed by atoms with Crippen LogP contribution in [0.2, 0.25) is 5.02 Å². The molecule has 4 rings (SSSR count). The Balaban J connectivity index is 1.56. The summed E-state index contributed by atoms with van der Waals surface area (Å²) in [6.07, 6.45) is 2.95. The van der Waals surface area contributed by atoms with Gasteiger partial charge < -0.3 is 15.5 Å². The predicted octanol–water partition coefficient (Wildman–Crippen LogP) is 3.79. The molecular weight excluding hydrogens is 434 g/mol. The van der Waals surface area contributed by atoms with Crippen LogP contribution >= 0.6 is 23.4 Å². The number of likely N-dealkylation sites (tertiary alicyclic amines) is 1. The molecule has 0 aromatic heterocycles. The zero-order valence-electron chi connectivity index (χ0n) is 17.0. The first-order valence-electron chi connectivity index (χ1n) is 10.00. The Morgan fingerprint density at radius 1 is 1.16 bits per heavy atom. The summed E-state index contributed by atoms with van der Waals surface area (Å²) >= 11 is 7.60. The van der Waals surface area contributed by atoms with Crippen molar-refractivity contribution in [3.63, 3.8) is 0 Å². The topological polar surface area (TPSA) is 83.7 Å². The van der Waals surface area contributed by atoms with Crippen LogP contribution in [0.5, 0.6) is 0 Å². The maximum absolute atomic E-state index is 13.0. The summed E-state index contributed by atoms with van der Waals surface area (Å²) in [6, 6.07) is 12.8. The van der Waals surface area contributed by atoms with Gasteiger partial charge in [-0.2, -0.15) is 0 Å². The average molecular weight is 456 g/mol. The Labute approximate surface area is 190 Å². The first-order valence-corrected chi connectivity index (χ1v) is 11.2. The van der Waals surface area contributed by atoms with Gasteiger partial charge in [0.1, 0.15) is 0 Å². The van der Waals surface area contributed by atoms with Crippen molar-refractivity contribution < 1.29 is 14.4 Å². The number of fused-ring (bicyclic) bond motifs is 1. The number of carbonyl (C=O) groups is 3. The lowest BCUT2D eigenvalue weighted by Gasteiger charge is -2.31. The number of likely N-dealkylation sites (N-methyl/N-ethyl adjacent to an activating group) is 1. The van der Waals surface area contributed by atoms with Crippen molar-refractivity contribution >= 4 is 52.8 Å². The van der Waals surface area contributed by atoms with Gasteiger partial charge in [0.15, 0.2) is 0 Å². The van der Waals surface area contributed by atoms with E-state index in [4.69, 9.17) is 17.3 Å². The zero-order chi connectivity index (χ0) is 22.1. The highest BCUT2D eigenvalue weighted by molar-refractivity contribution is 8.04. The first kappa shape index (κ1) is 21.5. The number of nitrogens with two attached hydrogens (primary N) is 1. The standard InChI is InChI=1S/C23H22ClN3O3S/c1-26-18-12-16(22(29)27-10-8-14(9-11-27)21(25)28)6-7-19(18)31-20(23(26)30)13-15-4-2-3-5-17(15)24/h2-7,12-14H,8-11H2,1H3,(H2,25,28). The Kier molecular flexibility index (Phi) is 6.07. The largest absolute Gasteiger partial charge is 0.369 e. The van der Waals surface area contributed by atoms with E-state index in [2.05, 4.69) is 0 Å². The van der Waals surface area contributed by atoms with Crippen LogP contribution in [0.1, 0.15) is 28.8 Å². The molecule has 0 aliphatic carbocycles. The number of primary amides is 1. The summed E-state index contributed by atoms with van der Waals surface area (Å²) in [5, 5.41) is 0.581. The molecule has 31 heavy (non-hydrogen) atoms. The van der Waals surface area contributed by atoms with Crippen LogP contribution in [0, 0.1) is 5.92 Å². The quantitative estimate of drug-likeness (QED) is 0.714. The third-order valence-electron chi connectivity index (χ3n) is 5.68. The summed E-state index contributed by atoms with van der Waals surface area (Å²) in [5.74, 6) is -0.729. The van der Waals surface area contributed by atoms with Gasteiger partial charge in [-0.3, -0.25) is 14.4 Å². The van der Waals surface area contributed by atoms with Gasteiger partial charge in [-0.25, -0.2) is 0 Å². The number of halogens is 1. The molecule has 0 saturated carbocycles. The molecule has 0 atom stereocenters. The van der Waals surface area contributed by atoms with E-state index in [9.17, 15) is 14.4 Å². The number of hydrogen-bond donors (Lipinski definition) is 1. The fourth-order valence-electron chi connectivity index (χ4n) is 3.81. The lowest BCUT2D eigenvalue weighted by Crippen LogP contribution is -2.41. The molecule has 0 unspecified atom stereocenters. The van der Waals surface area contributed by atoms with Gasteiger partial charge in [-0.15, -0.1) is 0 Å². The summed E-state index contributed by atoms with van der Waals surface area (Å²) < 4.78 is 0. The molecule has 2 aliphatic rings. The van der Waals surface area contributed by atoms with E-state index < -0.39 is 0 Å². The molecule has 160 valence electrons. The minimum Gasteiger partial charge on any atom is -0.369 e. The number of nitrogens with zero attached hydrogens (tertiary/aromatic N) is 2. The maximum atomic E-state index is 13.0.